The van der Waals surface area contributed by atoms with E-state index in [2.05, 4.69) is 25.7 Å². The fraction of sp³-hybridized carbons (Fsp3) is 0.294. The van der Waals surface area contributed by atoms with Crippen LogP contribution in [0.2, 0.25) is 0 Å². The van der Waals surface area contributed by atoms with Crippen LogP contribution in [0.5, 0.6) is 0 Å². The summed E-state index contributed by atoms with van der Waals surface area (Å²) in [4.78, 5) is 25.5. The molecule has 0 spiro atoms. The van der Waals surface area contributed by atoms with E-state index in [1.807, 2.05) is 0 Å². The molecule has 1 saturated heterocycles. The van der Waals surface area contributed by atoms with Gasteiger partial charge in [-0.3, -0.25) is 9.59 Å². The zero-order valence-corrected chi connectivity index (χ0v) is 13.9. The molecule has 2 aromatic rings. The second kappa shape index (κ2) is 7.71. The molecule has 1 aliphatic rings. The summed E-state index contributed by atoms with van der Waals surface area (Å²) in [7, 11) is 0. The number of morpholine rings is 1. The number of aromatic nitrogens is 2. The van der Waals surface area contributed by atoms with Crippen LogP contribution in [0.3, 0.4) is 0 Å². The number of hydrogen-bond donors (Lipinski definition) is 2. The molecule has 0 aliphatic carbocycles. The first kappa shape index (κ1) is 16.8. The lowest BCUT2D eigenvalue weighted by atomic mass is 10.2. The average molecular weight is 341 g/mol. The predicted molar refractivity (Wildman–Crippen MR) is 93.8 cm³/mol. The van der Waals surface area contributed by atoms with Gasteiger partial charge in [-0.15, -0.1) is 10.2 Å². The molecule has 3 rings (SSSR count). The molecule has 0 radical (unpaired) electrons. The summed E-state index contributed by atoms with van der Waals surface area (Å²) in [5.74, 6) is 0.196. The molecule has 1 aromatic carbocycles. The second-order valence-corrected chi connectivity index (χ2v) is 5.59. The van der Waals surface area contributed by atoms with E-state index in [0.29, 0.717) is 24.6 Å². The Labute approximate surface area is 145 Å². The first-order valence-electron chi connectivity index (χ1n) is 7.97. The Hall–Kier alpha value is -3.00. The molecule has 0 saturated carbocycles. The fourth-order valence-corrected chi connectivity index (χ4v) is 2.48. The van der Waals surface area contributed by atoms with Gasteiger partial charge in [0.2, 0.25) is 5.91 Å². The van der Waals surface area contributed by atoms with Crippen molar-refractivity contribution in [2.24, 2.45) is 0 Å². The number of rotatable bonds is 4. The molecule has 1 fully saturated rings. The van der Waals surface area contributed by atoms with Crippen molar-refractivity contribution in [2.75, 3.05) is 41.8 Å². The van der Waals surface area contributed by atoms with Crippen LogP contribution in [0, 0.1) is 0 Å². The molecule has 130 valence electrons. The van der Waals surface area contributed by atoms with Gasteiger partial charge < -0.3 is 20.3 Å². The van der Waals surface area contributed by atoms with Gasteiger partial charge in [-0.1, -0.05) is 6.07 Å². The van der Waals surface area contributed by atoms with Gasteiger partial charge in [0.1, 0.15) is 0 Å². The number of nitrogens with one attached hydrogen (secondary N) is 2. The number of hydrogen-bond acceptors (Lipinski definition) is 6. The lowest BCUT2D eigenvalue weighted by Gasteiger charge is -2.27. The van der Waals surface area contributed by atoms with Crippen molar-refractivity contribution >= 4 is 29.0 Å². The van der Waals surface area contributed by atoms with Gasteiger partial charge in [-0.05, 0) is 30.3 Å². The first-order chi connectivity index (χ1) is 12.1. The van der Waals surface area contributed by atoms with E-state index in [4.69, 9.17) is 4.74 Å². The first-order valence-corrected chi connectivity index (χ1v) is 7.97. The smallest absolute Gasteiger partial charge is 0.276 e. The molecule has 1 aliphatic heterocycles. The van der Waals surface area contributed by atoms with Gasteiger partial charge in [0, 0.05) is 31.4 Å². The quantitative estimate of drug-likeness (QED) is 0.875. The molecule has 0 unspecified atom stereocenters. The van der Waals surface area contributed by atoms with Crippen LogP contribution in [0.15, 0.2) is 36.4 Å². The van der Waals surface area contributed by atoms with Crippen molar-refractivity contribution in [3.8, 4) is 0 Å². The van der Waals surface area contributed by atoms with Crippen molar-refractivity contribution in [1.82, 2.24) is 10.2 Å². The molecule has 2 amide bonds. The topological polar surface area (TPSA) is 96.5 Å². The highest BCUT2D eigenvalue weighted by Crippen LogP contribution is 2.16. The maximum absolute atomic E-state index is 12.3. The van der Waals surface area contributed by atoms with Crippen LogP contribution in [0.4, 0.5) is 17.2 Å². The third-order valence-electron chi connectivity index (χ3n) is 3.66. The number of ether oxygens (including phenoxy) is 1. The summed E-state index contributed by atoms with van der Waals surface area (Å²) in [6, 6.07) is 10.3. The van der Waals surface area contributed by atoms with Crippen LogP contribution < -0.4 is 15.5 Å². The van der Waals surface area contributed by atoms with Crippen molar-refractivity contribution in [2.45, 2.75) is 6.92 Å². The molecule has 0 bridgehead atoms. The Balaban J connectivity index is 1.65. The summed E-state index contributed by atoms with van der Waals surface area (Å²) in [5.41, 5.74) is 1.40. The van der Waals surface area contributed by atoms with Gasteiger partial charge in [0.25, 0.3) is 5.91 Å². The van der Waals surface area contributed by atoms with Gasteiger partial charge in [-0.25, -0.2) is 0 Å². The van der Waals surface area contributed by atoms with Crippen molar-refractivity contribution < 1.29 is 14.3 Å². The average Bonchev–Trinajstić information content (AvgIpc) is 2.62. The standard InChI is InChI=1S/C17H19N5O3/c1-12(23)18-13-3-2-4-14(11-13)19-17(24)15-5-6-16(21-20-15)22-7-9-25-10-8-22/h2-6,11H,7-10H2,1H3,(H,18,23)(H,19,24). The van der Waals surface area contributed by atoms with E-state index in [1.54, 1.807) is 36.4 Å². The highest BCUT2D eigenvalue weighted by molar-refractivity contribution is 6.03. The number of benzene rings is 1. The highest BCUT2D eigenvalue weighted by atomic mass is 16.5. The maximum atomic E-state index is 12.3. The third-order valence-corrected chi connectivity index (χ3v) is 3.66. The van der Waals surface area contributed by atoms with E-state index in [0.717, 1.165) is 18.9 Å². The van der Waals surface area contributed by atoms with Gasteiger partial charge in [-0.2, -0.15) is 0 Å². The Morgan fingerprint density at radius 2 is 1.76 bits per heavy atom. The van der Waals surface area contributed by atoms with Crippen LogP contribution >= 0.6 is 0 Å². The van der Waals surface area contributed by atoms with Crippen LogP contribution in [0.1, 0.15) is 17.4 Å². The molecule has 0 atom stereocenters. The zero-order valence-electron chi connectivity index (χ0n) is 13.9. The van der Waals surface area contributed by atoms with Gasteiger partial charge >= 0.3 is 0 Å². The number of carbonyl (C=O) groups excluding carboxylic acids is 2. The molecule has 2 N–H and O–H groups in total. The molecule has 8 nitrogen and oxygen atoms in total. The number of anilines is 3. The predicted octanol–water partition coefficient (Wildman–Crippen LogP) is 1.52. The molecular formula is C17H19N5O3. The normalized spacial score (nSPS) is 14.0. The number of amides is 2. The van der Waals surface area contributed by atoms with Crippen LogP contribution in [0.25, 0.3) is 0 Å². The Kier molecular flexibility index (Phi) is 5.20. The van der Waals surface area contributed by atoms with Gasteiger partial charge in [0.15, 0.2) is 11.5 Å². The Bertz CT molecular complexity index is 757. The SMILES string of the molecule is CC(=O)Nc1cccc(NC(=O)c2ccc(N3CCOCC3)nn2)c1. The summed E-state index contributed by atoms with van der Waals surface area (Å²) < 4.78 is 5.30. The molecule has 2 heterocycles. The highest BCUT2D eigenvalue weighted by Gasteiger charge is 2.14. The van der Waals surface area contributed by atoms with Crippen molar-refractivity contribution in [1.29, 1.82) is 0 Å². The molecule has 25 heavy (non-hydrogen) atoms. The number of carbonyl (C=O) groups is 2. The second-order valence-electron chi connectivity index (χ2n) is 5.59. The minimum Gasteiger partial charge on any atom is -0.378 e. The molecular weight excluding hydrogens is 322 g/mol. The lowest BCUT2D eigenvalue weighted by Crippen LogP contribution is -2.37. The summed E-state index contributed by atoms with van der Waals surface area (Å²) in [5, 5.41) is 13.5. The maximum Gasteiger partial charge on any atom is 0.276 e. The largest absolute Gasteiger partial charge is 0.378 e. The number of nitrogens with zero attached hydrogens (tertiary/aromatic N) is 3. The van der Waals surface area contributed by atoms with E-state index in [9.17, 15) is 9.59 Å². The fourth-order valence-electron chi connectivity index (χ4n) is 2.48. The van der Waals surface area contributed by atoms with Crippen LogP contribution in [-0.2, 0) is 9.53 Å². The van der Waals surface area contributed by atoms with E-state index in [-0.39, 0.29) is 17.5 Å². The summed E-state index contributed by atoms with van der Waals surface area (Å²) in [6.07, 6.45) is 0. The van der Waals surface area contributed by atoms with Crippen molar-refractivity contribution in [3.05, 3.63) is 42.1 Å². The Morgan fingerprint density at radius 1 is 1.04 bits per heavy atom. The Morgan fingerprint density at radius 3 is 2.40 bits per heavy atom. The lowest BCUT2D eigenvalue weighted by molar-refractivity contribution is -0.114. The zero-order chi connectivity index (χ0) is 17.6. The minimum atomic E-state index is -0.360. The molecule has 1 aromatic heterocycles. The third kappa shape index (κ3) is 4.51. The van der Waals surface area contributed by atoms with Crippen molar-refractivity contribution in [3.63, 3.8) is 0 Å². The minimum absolute atomic E-state index is 0.173. The van der Waals surface area contributed by atoms with E-state index in [1.165, 1.54) is 6.92 Å². The van der Waals surface area contributed by atoms with E-state index >= 15 is 0 Å². The van der Waals surface area contributed by atoms with Crippen LogP contribution in [-0.4, -0.2) is 48.3 Å². The monoisotopic (exact) mass is 341 g/mol. The summed E-state index contributed by atoms with van der Waals surface area (Å²) in [6.45, 7) is 4.27. The van der Waals surface area contributed by atoms with E-state index < -0.39 is 0 Å². The molecule has 8 heteroatoms. The van der Waals surface area contributed by atoms with Gasteiger partial charge in [0.05, 0.1) is 13.2 Å². The summed E-state index contributed by atoms with van der Waals surface area (Å²) >= 11 is 0.